The normalized spacial score (nSPS) is 10.8. The average molecular weight is 242 g/mol. The Kier molecular flexibility index (Phi) is 2.56. The van der Waals surface area contributed by atoms with Crippen LogP contribution in [0.2, 0.25) is 0 Å². The van der Waals surface area contributed by atoms with Crippen molar-refractivity contribution in [2.45, 2.75) is 6.43 Å². The number of halogens is 4. The fraction of sp³-hybridized carbons (Fsp3) is 0.167. The summed E-state index contributed by atoms with van der Waals surface area (Å²) in [4.78, 5) is 12.3. The molecule has 12 heavy (non-hydrogen) atoms. The highest BCUT2D eigenvalue weighted by Crippen LogP contribution is 2.21. The molecule has 0 amide bonds. The van der Waals surface area contributed by atoms with Gasteiger partial charge in [-0.15, -0.1) is 0 Å². The van der Waals surface area contributed by atoms with Gasteiger partial charge in [0.15, 0.2) is 0 Å². The lowest BCUT2D eigenvalue weighted by molar-refractivity contribution is 0.145. The third-order valence-electron chi connectivity index (χ3n) is 1.21. The highest BCUT2D eigenvalue weighted by molar-refractivity contribution is 9.10. The van der Waals surface area contributed by atoms with E-state index in [1.54, 1.807) is 4.98 Å². The van der Waals surface area contributed by atoms with Crippen LogP contribution in [0.25, 0.3) is 0 Å². The van der Waals surface area contributed by atoms with Crippen LogP contribution in [0.5, 0.6) is 0 Å². The first-order valence-electron chi connectivity index (χ1n) is 2.88. The van der Waals surface area contributed by atoms with E-state index >= 15 is 0 Å². The summed E-state index contributed by atoms with van der Waals surface area (Å²) < 4.78 is 36.3. The second-order valence-electron chi connectivity index (χ2n) is 2.02. The van der Waals surface area contributed by atoms with Crippen LogP contribution in [0.4, 0.5) is 13.2 Å². The Morgan fingerprint density at radius 3 is 2.58 bits per heavy atom. The molecule has 1 aromatic heterocycles. The smallest absolute Gasteiger partial charge is 0.268 e. The van der Waals surface area contributed by atoms with Gasteiger partial charge in [0.05, 0.1) is 10.0 Å². The van der Waals surface area contributed by atoms with Crippen molar-refractivity contribution in [3.8, 4) is 0 Å². The maximum absolute atomic E-state index is 12.5. The predicted octanol–water partition coefficient (Wildman–Crippen LogP) is 2.21. The number of aromatic nitrogens is 1. The molecular weight excluding hydrogens is 239 g/mol. The minimum absolute atomic E-state index is 0.112. The molecule has 0 fully saturated rings. The van der Waals surface area contributed by atoms with Crippen molar-refractivity contribution in [3.63, 3.8) is 0 Å². The zero-order valence-electron chi connectivity index (χ0n) is 5.57. The summed E-state index contributed by atoms with van der Waals surface area (Å²) in [7, 11) is 0. The van der Waals surface area contributed by atoms with E-state index in [0.717, 1.165) is 6.07 Å². The van der Waals surface area contributed by atoms with Gasteiger partial charge in [0.2, 0.25) is 5.95 Å². The summed E-state index contributed by atoms with van der Waals surface area (Å²) in [5.41, 5.74) is -1.58. The Hall–Kier alpha value is -0.780. The second-order valence-corrected chi connectivity index (χ2v) is 2.87. The summed E-state index contributed by atoms with van der Waals surface area (Å²) in [6, 6.07) is 0.763. The van der Waals surface area contributed by atoms with Crippen molar-refractivity contribution in [2.24, 2.45) is 0 Å². The van der Waals surface area contributed by atoms with E-state index in [2.05, 4.69) is 15.9 Å². The van der Waals surface area contributed by atoms with Crippen LogP contribution in [-0.2, 0) is 0 Å². The molecule has 2 nitrogen and oxygen atoms in total. The number of H-pyrrole nitrogens is 1. The lowest BCUT2D eigenvalue weighted by Crippen LogP contribution is -2.11. The molecule has 0 saturated carbocycles. The van der Waals surface area contributed by atoms with Crippen molar-refractivity contribution >= 4 is 15.9 Å². The minimum atomic E-state index is -2.93. The highest BCUT2D eigenvalue weighted by Gasteiger charge is 2.15. The van der Waals surface area contributed by atoms with Gasteiger partial charge in [-0.25, -0.2) is 8.78 Å². The zero-order chi connectivity index (χ0) is 9.30. The molecule has 0 aliphatic rings. The van der Waals surface area contributed by atoms with Gasteiger partial charge in [-0.3, -0.25) is 9.78 Å². The number of nitrogens with one attached hydrogen (secondary N) is 1. The molecule has 0 unspecified atom stereocenters. The Bertz CT molecular complexity index is 349. The van der Waals surface area contributed by atoms with Crippen LogP contribution < -0.4 is 5.56 Å². The van der Waals surface area contributed by atoms with E-state index in [1.165, 1.54) is 0 Å². The predicted molar refractivity (Wildman–Crippen MR) is 39.7 cm³/mol. The minimum Gasteiger partial charge on any atom is -0.297 e. The summed E-state index contributed by atoms with van der Waals surface area (Å²) in [6.07, 6.45) is -2.93. The summed E-state index contributed by atoms with van der Waals surface area (Å²) in [5, 5.41) is 0. The Morgan fingerprint density at radius 1 is 1.50 bits per heavy atom. The van der Waals surface area contributed by atoms with Crippen LogP contribution in [0, 0.1) is 5.95 Å². The van der Waals surface area contributed by atoms with Crippen molar-refractivity contribution in [1.29, 1.82) is 0 Å². The molecule has 1 N–H and O–H groups in total. The largest absolute Gasteiger partial charge is 0.297 e. The molecule has 0 atom stereocenters. The van der Waals surface area contributed by atoms with Gasteiger partial charge in [0.1, 0.15) is 0 Å². The quantitative estimate of drug-likeness (QED) is 0.752. The van der Waals surface area contributed by atoms with Crippen molar-refractivity contribution < 1.29 is 13.2 Å². The number of hydrogen-bond donors (Lipinski definition) is 1. The average Bonchev–Trinajstić information content (AvgIpc) is 1.96. The maximum atomic E-state index is 12.5. The van der Waals surface area contributed by atoms with E-state index < -0.39 is 23.5 Å². The van der Waals surface area contributed by atoms with Crippen LogP contribution in [0.15, 0.2) is 15.3 Å². The van der Waals surface area contributed by atoms with E-state index in [4.69, 9.17) is 0 Å². The molecule has 1 rings (SSSR count). The molecule has 66 valence electrons. The molecule has 0 spiro atoms. The van der Waals surface area contributed by atoms with Crippen molar-refractivity contribution in [3.05, 3.63) is 32.4 Å². The molecule has 0 saturated heterocycles. The van der Waals surface area contributed by atoms with Gasteiger partial charge in [-0.1, -0.05) is 0 Å². The third-order valence-corrected chi connectivity index (χ3v) is 1.80. The summed E-state index contributed by atoms with van der Waals surface area (Å²) in [6.45, 7) is 0. The molecule has 0 aliphatic heterocycles. The zero-order valence-corrected chi connectivity index (χ0v) is 7.16. The Morgan fingerprint density at radius 2 is 2.08 bits per heavy atom. The van der Waals surface area contributed by atoms with Crippen LogP contribution >= 0.6 is 15.9 Å². The van der Waals surface area contributed by atoms with Gasteiger partial charge in [-0.05, 0) is 22.0 Å². The number of rotatable bonds is 1. The standard InChI is InChI=1S/C6H3BrF3NO/c7-3-1-2(4(8)9)5(10)11-6(3)12/h1,4H,(H,11,12). The van der Waals surface area contributed by atoms with E-state index in [0.29, 0.717) is 0 Å². The van der Waals surface area contributed by atoms with E-state index in [-0.39, 0.29) is 4.47 Å². The fourth-order valence-electron chi connectivity index (χ4n) is 0.656. The molecule has 0 aliphatic carbocycles. The number of alkyl halides is 2. The lowest BCUT2D eigenvalue weighted by Gasteiger charge is -2.00. The van der Waals surface area contributed by atoms with Gasteiger partial charge in [0, 0.05) is 0 Å². The van der Waals surface area contributed by atoms with Gasteiger partial charge in [-0.2, -0.15) is 4.39 Å². The molecule has 1 heterocycles. The van der Waals surface area contributed by atoms with Gasteiger partial charge >= 0.3 is 0 Å². The number of aromatic amines is 1. The first-order valence-corrected chi connectivity index (χ1v) is 3.68. The summed E-state index contributed by atoms with van der Waals surface area (Å²) in [5.74, 6) is -1.29. The molecule has 6 heteroatoms. The molecule has 0 aromatic carbocycles. The first-order chi connectivity index (χ1) is 5.52. The molecule has 0 radical (unpaired) electrons. The summed E-state index contributed by atoms with van der Waals surface area (Å²) >= 11 is 2.70. The Labute approximate surface area is 73.5 Å². The van der Waals surface area contributed by atoms with Crippen LogP contribution in [0.1, 0.15) is 12.0 Å². The highest BCUT2D eigenvalue weighted by atomic mass is 79.9. The fourth-order valence-corrected chi connectivity index (χ4v) is 1.00. The van der Waals surface area contributed by atoms with Crippen LogP contribution in [-0.4, -0.2) is 4.98 Å². The van der Waals surface area contributed by atoms with Crippen LogP contribution in [0.3, 0.4) is 0 Å². The van der Waals surface area contributed by atoms with Crippen molar-refractivity contribution in [1.82, 2.24) is 4.98 Å². The number of pyridine rings is 1. The lowest BCUT2D eigenvalue weighted by atomic mass is 10.3. The SMILES string of the molecule is O=c1[nH]c(F)c(C(F)F)cc1Br. The topological polar surface area (TPSA) is 32.9 Å². The molecule has 1 aromatic rings. The van der Waals surface area contributed by atoms with Crippen molar-refractivity contribution in [2.75, 3.05) is 0 Å². The Balaban J connectivity index is 3.33. The van der Waals surface area contributed by atoms with E-state index in [1.807, 2.05) is 0 Å². The number of hydrogen-bond acceptors (Lipinski definition) is 1. The molecule has 0 bridgehead atoms. The second kappa shape index (κ2) is 3.30. The van der Waals surface area contributed by atoms with Gasteiger partial charge < -0.3 is 0 Å². The monoisotopic (exact) mass is 241 g/mol. The third kappa shape index (κ3) is 1.69. The van der Waals surface area contributed by atoms with Gasteiger partial charge in [0.25, 0.3) is 12.0 Å². The maximum Gasteiger partial charge on any atom is 0.268 e. The molecular formula is C6H3BrF3NO. The van der Waals surface area contributed by atoms with E-state index in [9.17, 15) is 18.0 Å². The first kappa shape index (κ1) is 9.31.